The third-order valence-corrected chi connectivity index (χ3v) is 7.70. The van der Waals surface area contributed by atoms with Gasteiger partial charge in [-0.1, -0.05) is 44.2 Å². The quantitative estimate of drug-likeness (QED) is 0.779. The van der Waals surface area contributed by atoms with Gasteiger partial charge in [0.25, 0.3) is 5.91 Å². The Morgan fingerprint density at radius 1 is 1.12 bits per heavy atom. The summed E-state index contributed by atoms with van der Waals surface area (Å²) in [5, 5.41) is 0. The number of fused-ring (bicyclic) bond motifs is 2. The van der Waals surface area contributed by atoms with Crippen molar-refractivity contribution in [2.45, 2.75) is 58.5 Å². The van der Waals surface area contributed by atoms with Crippen LogP contribution in [0.1, 0.15) is 52.0 Å². The van der Waals surface area contributed by atoms with E-state index in [9.17, 15) is 9.59 Å². The lowest BCUT2D eigenvalue weighted by Gasteiger charge is -2.41. The number of hydrogen-bond donors (Lipinski definition) is 0. The van der Waals surface area contributed by atoms with Gasteiger partial charge in [0.15, 0.2) is 5.60 Å². The summed E-state index contributed by atoms with van der Waals surface area (Å²) in [5.41, 5.74) is -0.567. The van der Waals surface area contributed by atoms with Gasteiger partial charge in [-0.25, -0.2) is 0 Å². The molecular formula is C22H29NO3. The van der Waals surface area contributed by atoms with Crippen LogP contribution in [0, 0.1) is 16.7 Å². The molecule has 2 aliphatic heterocycles. The molecule has 0 radical (unpaired) electrons. The minimum Gasteiger partial charge on any atom is -0.448 e. The Hall–Kier alpha value is -1.84. The van der Waals surface area contributed by atoms with Crippen LogP contribution in [0.25, 0.3) is 0 Å². The number of piperidine rings is 1. The number of benzene rings is 1. The summed E-state index contributed by atoms with van der Waals surface area (Å²) in [6.07, 6.45) is 4.51. The maximum absolute atomic E-state index is 13.4. The second kappa shape index (κ2) is 5.83. The van der Waals surface area contributed by atoms with E-state index in [1.807, 2.05) is 31.7 Å². The van der Waals surface area contributed by atoms with Gasteiger partial charge in [-0.15, -0.1) is 0 Å². The molecule has 3 fully saturated rings. The average Bonchev–Trinajstić information content (AvgIpc) is 2.93. The molecule has 1 aromatic carbocycles. The van der Waals surface area contributed by atoms with Crippen molar-refractivity contribution in [1.29, 1.82) is 0 Å². The third-order valence-electron chi connectivity index (χ3n) is 7.70. The van der Waals surface area contributed by atoms with E-state index < -0.39 is 16.4 Å². The van der Waals surface area contributed by atoms with E-state index in [4.69, 9.17) is 4.74 Å². The number of rotatable bonds is 3. The number of likely N-dealkylation sites (tertiary alicyclic amines) is 1. The highest BCUT2D eigenvalue weighted by molar-refractivity contribution is 5.96. The fourth-order valence-corrected chi connectivity index (χ4v) is 5.26. The van der Waals surface area contributed by atoms with Gasteiger partial charge in [-0.3, -0.25) is 9.59 Å². The van der Waals surface area contributed by atoms with Crippen LogP contribution >= 0.6 is 0 Å². The lowest BCUT2D eigenvalue weighted by atomic mass is 9.66. The highest BCUT2D eigenvalue weighted by Gasteiger charge is 2.76. The summed E-state index contributed by atoms with van der Waals surface area (Å²) in [7, 11) is 0. The second-order valence-corrected chi connectivity index (χ2v) is 9.10. The zero-order valence-corrected chi connectivity index (χ0v) is 16.1. The highest BCUT2D eigenvalue weighted by atomic mass is 16.6. The predicted molar refractivity (Wildman–Crippen MR) is 99.4 cm³/mol. The molecule has 1 aliphatic carbocycles. The first-order valence-electron chi connectivity index (χ1n) is 9.87. The molecule has 4 rings (SSSR count). The zero-order valence-electron chi connectivity index (χ0n) is 16.1. The SMILES string of the molecule is CC1(C)[C@]2(C)CC[C@]1(C(=O)N1CCC(Cc3ccccc3)CC1)OC2=O. The summed E-state index contributed by atoms with van der Waals surface area (Å²) in [4.78, 5) is 27.8. The monoisotopic (exact) mass is 355 g/mol. The molecule has 0 spiro atoms. The molecule has 2 saturated heterocycles. The van der Waals surface area contributed by atoms with Crippen molar-refractivity contribution in [1.82, 2.24) is 4.90 Å². The molecule has 4 nitrogen and oxygen atoms in total. The van der Waals surface area contributed by atoms with Gasteiger partial charge in [0.05, 0.1) is 5.41 Å². The molecule has 2 atom stereocenters. The van der Waals surface area contributed by atoms with Crippen molar-refractivity contribution in [3.05, 3.63) is 35.9 Å². The van der Waals surface area contributed by atoms with Gasteiger partial charge >= 0.3 is 5.97 Å². The molecule has 0 N–H and O–H groups in total. The summed E-state index contributed by atoms with van der Waals surface area (Å²) >= 11 is 0. The molecule has 1 aromatic rings. The Balaban J connectivity index is 1.44. The van der Waals surface area contributed by atoms with Crippen molar-refractivity contribution < 1.29 is 14.3 Å². The van der Waals surface area contributed by atoms with Gasteiger partial charge in [-0.2, -0.15) is 0 Å². The first-order chi connectivity index (χ1) is 12.3. The first-order valence-corrected chi connectivity index (χ1v) is 9.87. The largest absolute Gasteiger partial charge is 0.448 e. The summed E-state index contributed by atoms with van der Waals surface area (Å²) < 4.78 is 5.77. The van der Waals surface area contributed by atoms with Gasteiger partial charge < -0.3 is 9.64 Å². The maximum Gasteiger partial charge on any atom is 0.313 e. The molecular weight excluding hydrogens is 326 g/mol. The fourth-order valence-electron chi connectivity index (χ4n) is 5.26. The van der Waals surface area contributed by atoms with Crippen molar-refractivity contribution in [3.63, 3.8) is 0 Å². The Labute approximate surface area is 155 Å². The molecule has 3 aliphatic rings. The van der Waals surface area contributed by atoms with Gasteiger partial charge in [0.1, 0.15) is 0 Å². The number of carbonyl (C=O) groups excluding carboxylic acids is 2. The van der Waals surface area contributed by atoms with E-state index in [1.54, 1.807) is 0 Å². The minimum atomic E-state index is -0.953. The molecule has 4 heteroatoms. The molecule has 26 heavy (non-hydrogen) atoms. The predicted octanol–water partition coefficient (Wildman–Crippen LogP) is 3.59. The standard InChI is InChI=1S/C22H29NO3/c1-20(2)21(3)11-12-22(20,26-19(21)25)18(24)23-13-9-17(10-14-23)15-16-7-5-4-6-8-16/h4-8,17H,9-15H2,1-3H3/t21-,22-/m1/s1. The average molecular weight is 355 g/mol. The molecule has 140 valence electrons. The minimum absolute atomic E-state index is 0.0373. The normalized spacial score (nSPS) is 33.3. The van der Waals surface area contributed by atoms with Crippen molar-refractivity contribution in [2.24, 2.45) is 16.7 Å². The second-order valence-electron chi connectivity index (χ2n) is 9.10. The molecule has 2 heterocycles. The topological polar surface area (TPSA) is 46.6 Å². The summed E-state index contributed by atoms with van der Waals surface area (Å²) in [6, 6.07) is 10.6. The maximum atomic E-state index is 13.4. The molecule has 0 unspecified atom stereocenters. The smallest absolute Gasteiger partial charge is 0.313 e. The number of ether oxygens (including phenoxy) is 1. The Morgan fingerprint density at radius 3 is 2.31 bits per heavy atom. The lowest BCUT2D eigenvalue weighted by Crippen LogP contribution is -2.56. The van der Waals surface area contributed by atoms with Crippen molar-refractivity contribution in [2.75, 3.05) is 13.1 Å². The van der Waals surface area contributed by atoms with Crippen LogP contribution in [0.2, 0.25) is 0 Å². The molecule has 0 aromatic heterocycles. The summed E-state index contributed by atoms with van der Waals surface area (Å²) in [5.74, 6) is 0.461. The van der Waals surface area contributed by atoms with E-state index in [-0.39, 0.29) is 11.9 Å². The van der Waals surface area contributed by atoms with Crippen molar-refractivity contribution in [3.8, 4) is 0 Å². The van der Waals surface area contributed by atoms with Crippen LogP contribution in [0.15, 0.2) is 30.3 Å². The molecule has 2 bridgehead atoms. The molecule has 1 amide bonds. The van der Waals surface area contributed by atoms with Crippen LogP contribution in [0.3, 0.4) is 0 Å². The summed E-state index contributed by atoms with van der Waals surface area (Å²) in [6.45, 7) is 7.56. The van der Waals surface area contributed by atoms with E-state index in [1.165, 1.54) is 5.56 Å². The number of hydrogen-bond acceptors (Lipinski definition) is 3. The molecule has 1 saturated carbocycles. The number of carbonyl (C=O) groups is 2. The zero-order chi connectivity index (χ0) is 18.6. The number of nitrogens with zero attached hydrogens (tertiary/aromatic N) is 1. The highest BCUT2D eigenvalue weighted by Crippen LogP contribution is 2.66. The first kappa shape index (κ1) is 17.6. The Kier molecular flexibility index (Phi) is 3.94. The van der Waals surface area contributed by atoms with E-state index in [2.05, 4.69) is 24.3 Å². The van der Waals surface area contributed by atoms with Crippen LogP contribution in [0.5, 0.6) is 0 Å². The third kappa shape index (κ3) is 2.27. The van der Waals surface area contributed by atoms with Gasteiger partial charge in [0.2, 0.25) is 0 Å². The van der Waals surface area contributed by atoms with E-state index in [0.29, 0.717) is 12.3 Å². The van der Waals surface area contributed by atoms with Crippen LogP contribution in [-0.2, 0) is 20.7 Å². The Morgan fingerprint density at radius 2 is 1.77 bits per heavy atom. The van der Waals surface area contributed by atoms with Crippen LogP contribution in [-0.4, -0.2) is 35.5 Å². The number of esters is 1. The van der Waals surface area contributed by atoms with Crippen molar-refractivity contribution >= 4 is 11.9 Å². The number of amides is 1. The Bertz CT molecular complexity index is 720. The van der Waals surface area contributed by atoms with Crippen LogP contribution < -0.4 is 0 Å². The van der Waals surface area contributed by atoms with Gasteiger partial charge in [0, 0.05) is 18.5 Å². The van der Waals surface area contributed by atoms with Crippen LogP contribution in [0.4, 0.5) is 0 Å². The van der Waals surface area contributed by atoms with E-state index in [0.717, 1.165) is 38.8 Å². The van der Waals surface area contributed by atoms with Gasteiger partial charge in [-0.05, 0) is 50.5 Å². The van der Waals surface area contributed by atoms with E-state index >= 15 is 0 Å². The lowest BCUT2D eigenvalue weighted by molar-refractivity contribution is -0.174. The fraction of sp³-hybridized carbons (Fsp3) is 0.636.